The SMILES string of the molecule is CNCc1ccc(COC2CC(C)OC(C)C2)o1. The molecule has 0 radical (unpaired) electrons. The first-order chi connectivity index (χ1) is 8.67. The van der Waals surface area contributed by atoms with Crippen molar-refractivity contribution in [3.8, 4) is 0 Å². The molecule has 1 N–H and O–H groups in total. The monoisotopic (exact) mass is 253 g/mol. The summed E-state index contributed by atoms with van der Waals surface area (Å²) < 4.78 is 17.2. The summed E-state index contributed by atoms with van der Waals surface area (Å²) in [5.41, 5.74) is 0. The van der Waals surface area contributed by atoms with E-state index in [4.69, 9.17) is 13.9 Å². The number of ether oxygens (including phenoxy) is 2. The lowest BCUT2D eigenvalue weighted by atomic mass is 10.0. The van der Waals surface area contributed by atoms with E-state index in [0.717, 1.165) is 30.9 Å². The van der Waals surface area contributed by atoms with Gasteiger partial charge in [0.1, 0.15) is 18.1 Å². The number of nitrogens with one attached hydrogen (secondary N) is 1. The van der Waals surface area contributed by atoms with E-state index in [2.05, 4.69) is 19.2 Å². The third-order valence-electron chi connectivity index (χ3n) is 3.18. The minimum absolute atomic E-state index is 0.279. The van der Waals surface area contributed by atoms with Gasteiger partial charge < -0.3 is 19.2 Å². The van der Waals surface area contributed by atoms with Crippen LogP contribution in [0.1, 0.15) is 38.2 Å². The lowest BCUT2D eigenvalue weighted by Crippen LogP contribution is -2.33. The second kappa shape index (κ2) is 6.36. The van der Waals surface area contributed by atoms with Gasteiger partial charge in [0, 0.05) is 0 Å². The van der Waals surface area contributed by atoms with E-state index in [-0.39, 0.29) is 18.3 Å². The molecule has 0 saturated carbocycles. The van der Waals surface area contributed by atoms with Crippen molar-refractivity contribution in [3.05, 3.63) is 23.7 Å². The minimum Gasteiger partial charge on any atom is -0.462 e. The molecule has 4 heteroatoms. The molecule has 2 unspecified atom stereocenters. The first-order valence-electron chi connectivity index (χ1n) is 6.66. The molecule has 0 spiro atoms. The fraction of sp³-hybridized carbons (Fsp3) is 0.714. The van der Waals surface area contributed by atoms with Crippen molar-refractivity contribution in [1.29, 1.82) is 0 Å². The Labute approximate surface area is 109 Å². The zero-order valence-electron chi connectivity index (χ0n) is 11.4. The Morgan fingerprint density at radius 1 is 1.22 bits per heavy atom. The van der Waals surface area contributed by atoms with Crippen molar-refractivity contribution in [3.63, 3.8) is 0 Å². The van der Waals surface area contributed by atoms with Gasteiger partial charge in [-0.25, -0.2) is 0 Å². The zero-order valence-corrected chi connectivity index (χ0v) is 11.4. The Hall–Kier alpha value is -0.840. The predicted molar refractivity (Wildman–Crippen MR) is 69.3 cm³/mol. The maximum atomic E-state index is 5.91. The second-order valence-electron chi connectivity index (χ2n) is 5.06. The third kappa shape index (κ3) is 3.83. The van der Waals surface area contributed by atoms with E-state index in [0.29, 0.717) is 6.61 Å². The highest BCUT2D eigenvalue weighted by atomic mass is 16.5. The number of hydrogen-bond donors (Lipinski definition) is 1. The van der Waals surface area contributed by atoms with Crippen LogP contribution >= 0.6 is 0 Å². The average Bonchev–Trinajstić information content (AvgIpc) is 2.74. The molecule has 1 fully saturated rings. The van der Waals surface area contributed by atoms with Crippen LogP contribution in [0, 0.1) is 0 Å². The lowest BCUT2D eigenvalue weighted by Gasteiger charge is -2.31. The topological polar surface area (TPSA) is 43.6 Å². The van der Waals surface area contributed by atoms with Crippen molar-refractivity contribution in [2.75, 3.05) is 7.05 Å². The van der Waals surface area contributed by atoms with Gasteiger partial charge in [0.2, 0.25) is 0 Å². The van der Waals surface area contributed by atoms with Gasteiger partial charge in [0.25, 0.3) is 0 Å². The maximum Gasteiger partial charge on any atom is 0.129 e. The molecule has 1 aromatic rings. The fourth-order valence-corrected chi connectivity index (χ4v) is 2.45. The van der Waals surface area contributed by atoms with Crippen LogP contribution in [0.2, 0.25) is 0 Å². The molecule has 1 aromatic heterocycles. The molecule has 1 aliphatic heterocycles. The molecule has 1 aliphatic rings. The predicted octanol–water partition coefficient (Wildman–Crippen LogP) is 2.47. The zero-order chi connectivity index (χ0) is 13.0. The minimum atomic E-state index is 0.279. The van der Waals surface area contributed by atoms with Gasteiger partial charge in [-0.05, 0) is 45.9 Å². The summed E-state index contributed by atoms with van der Waals surface area (Å²) in [5.74, 6) is 1.84. The summed E-state index contributed by atoms with van der Waals surface area (Å²) >= 11 is 0. The van der Waals surface area contributed by atoms with E-state index in [1.807, 2.05) is 19.2 Å². The molecule has 2 rings (SSSR count). The van der Waals surface area contributed by atoms with Crippen LogP contribution in [0.5, 0.6) is 0 Å². The summed E-state index contributed by atoms with van der Waals surface area (Å²) in [7, 11) is 1.91. The molecule has 1 saturated heterocycles. The maximum absolute atomic E-state index is 5.91. The van der Waals surface area contributed by atoms with Crippen molar-refractivity contribution >= 4 is 0 Å². The van der Waals surface area contributed by atoms with E-state index in [9.17, 15) is 0 Å². The molecule has 0 aliphatic carbocycles. The highest BCUT2D eigenvalue weighted by Gasteiger charge is 2.25. The van der Waals surface area contributed by atoms with Gasteiger partial charge in [0.15, 0.2) is 0 Å². The molecule has 2 heterocycles. The summed E-state index contributed by atoms with van der Waals surface area (Å²) in [6.07, 6.45) is 2.79. The van der Waals surface area contributed by atoms with E-state index >= 15 is 0 Å². The highest BCUT2D eigenvalue weighted by Crippen LogP contribution is 2.22. The quantitative estimate of drug-likeness (QED) is 0.875. The van der Waals surface area contributed by atoms with Gasteiger partial charge in [-0.1, -0.05) is 0 Å². The summed E-state index contributed by atoms with van der Waals surface area (Å²) in [6, 6.07) is 3.98. The van der Waals surface area contributed by atoms with Gasteiger partial charge in [-0.2, -0.15) is 0 Å². The van der Waals surface area contributed by atoms with Gasteiger partial charge in [0.05, 0.1) is 24.9 Å². The fourth-order valence-electron chi connectivity index (χ4n) is 2.45. The van der Waals surface area contributed by atoms with Crippen LogP contribution in [-0.4, -0.2) is 25.4 Å². The number of rotatable bonds is 5. The van der Waals surface area contributed by atoms with Crippen LogP contribution in [0.25, 0.3) is 0 Å². The molecule has 0 amide bonds. The van der Waals surface area contributed by atoms with Gasteiger partial charge in [-0.15, -0.1) is 0 Å². The molecule has 2 atom stereocenters. The Kier molecular flexibility index (Phi) is 4.80. The Balaban J connectivity index is 1.79. The number of furan rings is 1. The largest absolute Gasteiger partial charge is 0.462 e. The lowest BCUT2D eigenvalue weighted by molar-refractivity contribution is -0.108. The second-order valence-corrected chi connectivity index (χ2v) is 5.06. The van der Waals surface area contributed by atoms with E-state index < -0.39 is 0 Å². The van der Waals surface area contributed by atoms with Crippen LogP contribution in [0.15, 0.2) is 16.5 Å². The van der Waals surface area contributed by atoms with Crippen LogP contribution in [0.4, 0.5) is 0 Å². The summed E-state index contributed by atoms with van der Waals surface area (Å²) in [6.45, 7) is 5.51. The molecule has 0 bridgehead atoms. The van der Waals surface area contributed by atoms with Crippen LogP contribution in [0.3, 0.4) is 0 Å². The van der Waals surface area contributed by atoms with Crippen molar-refractivity contribution in [1.82, 2.24) is 5.32 Å². The summed E-state index contributed by atoms with van der Waals surface area (Å²) in [4.78, 5) is 0. The van der Waals surface area contributed by atoms with Crippen molar-refractivity contribution in [2.24, 2.45) is 0 Å². The first-order valence-corrected chi connectivity index (χ1v) is 6.66. The van der Waals surface area contributed by atoms with Crippen molar-refractivity contribution < 1.29 is 13.9 Å². The van der Waals surface area contributed by atoms with Gasteiger partial charge >= 0.3 is 0 Å². The van der Waals surface area contributed by atoms with Crippen LogP contribution in [-0.2, 0) is 22.6 Å². The standard InChI is InChI=1S/C14H23NO3/c1-10-6-14(7-11(2)17-10)16-9-13-5-4-12(18-13)8-15-3/h4-5,10-11,14-15H,6-9H2,1-3H3. The smallest absolute Gasteiger partial charge is 0.129 e. The van der Waals surface area contributed by atoms with Gasteiger partial charge in [-0.3, -0.25) is 0 Å². The Morgan fingerprint density at radius 2 is 1.89 bits per heavy atom. The highest BCUT2D eigenvalue weighted by molar-refractivity contribution is 5.06. The van der Waals surface area contributed by atoms with E-state index in [1.54, 1.807) is 0 Å². The molecule has 102 valence electrons. The van der Waals surface area contributed by atoms with Crippen LogP contribution < -0.4 is 5.32 Å². The first kappa shape index (κ1) is 13.6. The molecule has 4 nitrogen and oxygen atoms in total. The normalized spacial score (nSPS) is 28.5. The molecular formula is C14H23NO3. The number of hydrogen-bond acceptors (Lipinski definition) is 4. The molecule has 0 aromatic carbocycles. The summed E-state index contributed by atoms with van der Waals surface area (Å²) in [5, 5.41) is 3.06. The van der Waals surface area contributed by atoms with Crippen molar-refractivity contribution in [2.45, 2.75) is 58.2 Å². The average molecular weight is 253 g/mol. The molecular weight excluding hydrogens is 230 g/mol. The van der Waals surface area contributed by atoms with E-state index in [1.165, 1.54) is 0 Å². The Morgan fingerprint density at radius 3 is 2.56 bits per heavy atom. The Bertz CT molecular complexity index is 354. The molecule has 18 heavy (non-hydrogen) atoms. The third-order valence-corrected chi connectivity index (χ3v) is 3.18.